The van der Waals surface area contributed by atoms with E-state index in [4.69, 9.17) is 8.92 Å². The van der Waals surface area contributed by atoms with Crippen molar-refractivity contribution in [3.8, 4) is 5.75 Å². The van der Waals surface area contributed by atoms with Crippen LogP contribution in [-0.2, 0) is 14.3 Å². The Labute approximate surface area is 147 Å². The largest absolute Gasteiger partial charge is 0.489 e. The molecule has 2 aromatic rings. The van der Waals surface area contributed by atoms with Crippen LogP contribution in [0.1, 0.15) is 23.5 Å². The Morgan fingerprint density at radius 1 is 1.04 bits per heavy atom. The summed E-state index contributed by atoms with van der Waals surface area (Å²) in [7, 11) is -3.60. The van der Waals surface area contributed by atoms with E-state index < -0.39 is 10.1 Å². The van der Waals surface area contributed by atoms with Crippen LogP contribution in [0.5, 0.6) is 5.75 Å². The summed E-state index contributed by atoms with van der Waals surface area (Å²) < 4.78 is 34.8. The molecular formula is C20H18O4S. The number of ether oxygens (including phenoxy) is 1. The van der Waals surface area contributed by atoms with Crippen molar-refractivity contribution in [1.29, 1.82) is 0 Å². The maximum Gasteiger partial charge on any atom is 0.305 e. The van der Waals surface area contributed by atoms with E-state index >= 15 is 0 Å². The second kappa shape index (κ2) is 6.08. The first kappa shape index (κ1) is 16.0. The number of para-hydroxylation sites is 1. The van der Waals surface area contributed by atoms with E-state index in [1.54, 1.807) is 0 Å². The molecule has 0 bridgehead atoms. The van der Waals surface area contributed by atoms with Crippen molar-refractivity contribution in [2.75, 3.05) is 12.9 Å². The first-order valence-corrected chi connectivity index (χ1v) is 9.93. The molecular weight excluding hydrogens is 336 g/mol. The van der Waals surface area contributed by atoms with Gasteiger partial charge in [-0.15, -0.1) is 0 Å². The van der Waals surface area contributed by atoms with Gasteiger partial charge in [0.25, 0.3) is 0 Å². The van der Waals surface area contributed by atoms with Gasteiger partial charge >= 0.3 is 10.1 Å². The van der Waals surface area contributed by atoms with Crippen molar-refractivity contribution >= 4 is 15.7 Å². The summed E-state index contributed by atoms with van der Waals surface area (Å²) in [5.74, 6) is 1.26. The smallest absolute Gasteiger partial charge is 0.305 e. The third-order valence-electron chi connectivity index (χ3n) is 4.47. The lowest BCUT2D eigenvalue weighted by molar-refractivity contribution is 0.322. The van der Waals surface area contributed by atoms with E-state index in [1.807, 2.05) is 60.7 Å². The molecule has 1 atom stereocenters. The molecule has 1 heterocycles. The highest BCUT2D eigenvalue weighted by atomic mass is 32.2. The van der Waals surface area contributed by atoms with Gasteiger partial charge in [-0.05, 0) is 17.2 Å². The Balaban J connectivity index is 1.93. The molecule has 5 heteroatoms. The molecule has 0 spiro atoms. The summed E-state index contributed by atoms with van der Waals surface area (Å²) in [6, 6.07) is 17.7. The van der Waals surface area contributed by atoms with Crippen molar-refractivity contribution in [3.63, 3.8) is 0 Å². The molecule has 2 aromatic carbocycles. The van der Waals surface area contributed by atoms with Gasteiger partial charge < -0.3 is 8.92 Å². The summed E-state index contributed by atoms with van der Waals surface area (Å²) >= 11 is 0. The molecule has 25 heavy (non-hydrogen) atoms. The number of hydrogen-bond acceptors (Lipinski definition) is 4. The molecule has 128 valence electrons. The molecule has 4 rings (SSSR count). The standard InChI is InChI=1S/C20H18O4S/c1-25(21,22)24-18-12-11-15-13-23-17-10-6-5-9-16(17)19(15)20(18)14-7-3-2-4-8-14/h2-11,19H,12-13H2,1H3. The van der Waals surface area contributed by atoms with Crippen LogP contribution in [-0.4, -0.2) is 21.3 Å². The van der Waals surface area contributed by atoms with Crippen molar-refractivity contribution in [2.45, 2.75) is 12.3 Å². The van der Waals surface area contributed by atoms with Crippen LogP contribution in [0.15, 0.2) is 72.0 Å². The quantitative estimate of drug-likeness (QED) is 0.620. The molecule has 1 aliphatic carbocycles. The molecule has 0 radical (unpaired) electrons. The maximum atomic E-state index is 11.8. The fourth-order valence-corrected chi connectivity index (χ4v) is 4.04. The Morgan fingerprint density at radius 3 is 2.52 bits per heavy atom. The lowest BCUT2D eigenvalue weighted by Gasteiger charge is -2.34. The van der Waals surface area contributed by atoms with Crippen LogP contribution in [0.4, 0.5) is 0 Å². The van der Waals surface area contributed by atoms with Gasteiger partial charge in [-0.3, -0.25) is 0 Å². The summed E-state index contributed by atoms with van der Waals surface area (Å²) in [6.07, 6.45) is 3.54. The zero-order valence-corrected chi connectivity index (χ0v) is 14.6. The fraction of sp³-hybridized carbons (Fsp3) is 0.200. The predicted octanol–water partition coefficient (Wildman–Crippen LogP) is 3.88. The van der Waals surface area contributed by atoms with Gasteiger partial charge in [0, 0.05) is 23.5 Å². The first-order chi connectivity index (χ1) is 12.0. The minimum absolute atomic E-state index is 0.0575. The third-order valence-corrected chi connectivity index (χ3v) is 4.97. The first-order valence-electron chi connectivity index (χ1n) is 8.11. The van der Waals surface area contributed by atoms with E-state index in [-0.39, 0.29) is 5.92 Å². The second-order valence-electron chi connectivity index (χ2n) is 6.23. The maximum absolute atomic E-state index is 11.8. The zero-order valence-electron chi connectivity index (χ0n) is 13.8. The van der Waals surface area contributed by atoms with Crippen LogP contribution in [0.2, 0.25) is 0 Å². The Morgan fingerprint density at radius 2 is 1.76 bits per heavy atom. The molecule has 0 amide bonds. The number of rotatable bonds is 3. The van der Waals surface area contributed by atoms with E-state index in [0.717, 1.165) is 34.3 Å². The van der Waals surface area contributed by atoms with E-state index in [1.165, 1.54) is 0 Å². The minimum Gasteiger partial charge on any atom is -0.489 e. The van der Waals surface area contributed by atoms with Gasteiger partial charge in [0.05, 0.1) is 6.26 Å². The van der Waals surface area contributed by atoms with Gasteiger partial charge in [-0.25, -0.2) is 0 Å². The van der Waals surface area contributed by atoms with Crippen LogP contribution in [0.3, 0.4) is 0 Å². The molecule has 0 fully saturated rings. The van der Waals surface area contributed by atoms with Crippen molar-refractivity contribution in [2.24, 2.45) is 0 Å². The minimum atomic E-state index is -3.60. The highest BCUT2D eigenvalue weighted by molar-refractivity contribution is 7.86. The molecule has 0 N–H and O–H groups in total. The number of benzene rings is 2. The average Bonchev–Trinajstić information content (AvgIpc) is 2.61. The predicted molar refractivity (Wildman–Crippen MR) is 96.7 cm³/mol. The number of fused-ring (bicyclic) bond motifs is 3. The van der Waals surface area contributed by atoms with E-state index in [9.17, 15) is 8.42 Å². The Hall–Kier alpha value is -2.53. The van der Waals surface area contributed by atoms with Gasteiger partial charge in [-0.1, -0.05) is 54.6 Å². The second-order valence-corrected chi connectivity index (χ2v) is 7.81. The lowest BCUT2D eigenvalue weighted by atomic mass is 9.76. The molecule has 0 saturated carbocycles. The number of hydrogen-bond donors (Lipinski definition) is 0. The SMILES string of the molecule is CS(=O)(=O)OC1=C(c2ccccc2)C2C(=CC1)COc1ccccc12. The van der Waals surface area contributed by atoms with Gasteiger partial charge in [0.15, 0.2) is 0 Å². The molecule has 4 nitrogen and oxygen atoms in total. The van der Waals surface area contributed by atoms with Crippen LogP contribution in [0, 0.1) is 0 Å². The van der Waals surface area contributed by atoms with E-state index in [2.05, 4.69) is 0 Å². The van der Waals surface area contributed by atoms with Crippen LogP contribution >= 0.6 is 0 Å². The van der Waals surface area contributed by atoms with Crippen LogP contribution < -0.4 is 4.74 Å². The Bertz CT molecular complexity index is 972. The summed E-state index contributed by atoms with van der Waals surface area (Å²) in [5, 5.41) is 0. The summed E-state index contributed by atoms with van der Waals surface area (Å²) in [4.78, 5) is 0. The van der Waals surface area contributed by atoms with Crippen molar-refractivity contribution in [1.82, 2.24) is 0 Å². The highest BCUT2D eigenvalue weighted by Gasteiger charge is 2.35. The molecule has 2 aliphatic rings. The zero-order chi connectivity index (χ0) is 17.4. The third kappa shape index (κ3) is 3.07. The van der Waals surface area contributed by atoms with Crippen molar-refractivity contribution in [3.05, 3.63) is 83.1 Å². The molecule has 0 aromatic heterocycles. The normalized spacial score (nSPS) is 19.4. The summed E-state index contributed by atoms with van der Waals surface area (Å²) in [6.45, 7) is 0.504. The monoisotopic (exact) mass is 354 g/mol. The topological polar surface area (TPSA) is 52.6 Å². The van der Waals surface area contributed by atoms with Crippen LogP contribution in [0.25, 0.3) is 5.57 Å². The van der Waals surface area contributed by atoms with Gasteiger partial charge in [0.1, 0.15) is 18.1 Å². The van der Waals surface area contributed by atoms with Crippen molar-refractivity contribution < 1.29 is 17.3 Å². The van der Waals surface area contributed by atoms with E-state index in [0.29, 0.717) is 18.8 Å². The highest BCUT2D eigenvalue weighted by Crippen LogP contribution is 2.49. The van der Waals surface area contributed by atoms with Gasteiger partial charge in [-0.2, -0.15) is 8.42 Å². The molecule has 1 aliphatic heterocycles. The fourth-order valence-electron chi connectivity index (χ4n) is 3.51. The lowest BCUT2D eigenvalue weighted by Crippen LogP contribution is -2.23. The molecule has 0 saturated heterocycles. The summed E-state index contributed by atoms with van der Waals surface area (Å²) in [5.41, 5.74) is 4.04. The average molecular weight is 354 g/mol. The van der Waals surface area contributed by atoms with Gasteiger partial charge in [0.2, 0.25) is 0 Å². The number of allylic oxidation sites excluding steroid dienone is 2. The molecule has 1 unspecified atom stereocenters. The Kier molecular flexibility index (Phi) is 3.88.